The van der Waals surface area contributed by atoms with Crippen LogP contribution in [0.2, 0.25) is 0 Å². The zero-order valence-electron chi connectivity index (χ0n) is 10.4. The lowest BCUT2D eigenvalue weighted by atomic mass is 10.2. The second kappa shape index (κ2) is 5.82. The van der Waals surface area contributed by atoms with E-state index < -0.39 is 4.92 Å². The molecule has 0 saturated heterocycles. The van der Waals surface area contributed by atoms with Crippen molar-refractivity contribution >= 4 is 5.69 Å². The molecule has 0 unspecified atom stereocenters. The number of hydrogen-bond acceptors (Lipinski definition) is 5. The quantitative estimate of drug-likeness (QED) is 0.679. The van der Waals surface area contributed by atoms with Gasteiger partial charge in [0.05, 0.1) is 4.92 Å². The van der Waals surface area contributed by atoms with Gasteiger partial charge in [0.25, 0.3) is 5.69 Å². The third kappa shape index (κ3) is 2.91. The monoisotopic (exact) mass is 269 g/mol. The van der Waals surface area contributed by atoms with Crippen LogP contribution in [0, 0.1) is 21.4 Å². The van der Waals surface area contributed by atoms with Crippen LogP contribution in [-0.2, 0) is 6.54 Å². The van der Waals surface area contributed by atoms with E-state index in [-0.39, 0.29) is 17.0 Å². The lowest BCUT2D eigenvalue weighted by molar-refractivity contribution is -0.384. The molecule has 2 N–H and O–H groups in total. The van der Waals surface area contributed by atoms with Crippen molar-refractivity contribution in [3.05, 3.63) is 63.7 Å². The van der Waals surface area contributed by atoms with Crippen molar-refractivity contribution in [2.75, 3.05) is 0 Å². The highest BCUT2D eigenvalue weighted by atomic mass is 16.6. The fraction of sp³-hybridized carbons (Fsp3) is 0.0714. The Morgan fingerprint density at radius 3 is 2.50 bits per heavy atom. The number of hydrogen-bond donors (Lipinski definition) is 1. The molecule has 0 aliphatic heterocycles. The molecule has 0 amide bonds. The summed E-state index contributed by atoms with van der Waals surface area (Å²) in [5.74, 6) is 0.811. The van der Waals surface area contributed by atoms with Gasteiger partial charge in [0, 0.05) is 18.7 Å². The van der Waals surface area contributed by atoms with Crippen LogP contribution in [0.25, 0.3) is 0 Å². The van der Waals surface area contributed by atoms with E-state index in [4.69, 9.17) is 15.7 Å². The molecule has 0 radical (unpaired) electrons. The van der Waals surface area contributed by atoms with E-state index in [1.54, 1.807) is 12.1 Å². The molecule has 0 bridgehead atoms. The van der Waals surface area contributed by atoms with E-state index in [0.29, 0.717) is 12.3 Å². The molecule has 0 spiro atoms. The predicted octanol–water partition coefficient (Wildman–Crippen LogP) is 2.72. The van der Waals surface area contributed by atoms with Crippen LogP contribution in [0.3, 0.4) is 0 Å². The van der Waals surface area contributed by atoms with Gasteiger partial charge in [-0.15, -0.1) is 0 Å². The number of nitrogens with two attached hydrogens (primary N) is 1. The zero-order valence-corrected chi connectivity index (χ0v) is 10.4. The minimum absolute atomic E-state index is 0.113. The fourth-order valence-electron chi connectivity index (χ4n) is 1.63. The second-order valence-electron chi connectivity index (χ2n) is 4.00. The fourth-order valence-corrected chi connectivity index (χ4v) is 1.63. The number of nitro benzene ring substituents is 1. The summed E-state index contributed by atoms with van der Waals surface area (Å²) >= 11 is 0. The molecule has 2 aromatic rings. The molecule has 0 atom stereocenters. The van der Waals surface area contributed by atoms with Crippen LogP contribution in [0.1, 0.15) is 11.1 Å². The van der Waals surface area contributed by atoms with Crippen molar-refractivity contribution in [2.24, 2.45) is 5.73 Å². The molecule has 0 aliphatic rings. The Hall–Kier alpha value is -2.91. The van der Waals surface area contributed by atoms with Crippen LogP contribution >= 0.6 is 0 Å². The lowest BCUT2D eigenvalue weighted by Crippen LogP contribution is -1.96. The number of ether oxygens (including phenoxy) is 1. The molecule has 2 aromatic carbocycles. The maximum atomic E-state index is 10.7. The Morgan fingerprint density at radius 1 is 1.25 bits per heavy atom. The van der Waals surface area contributed by atoms with Gasteiger partial charge in [-0.05, 0) is 23.8 Å². The Labute approximate surface area is 115 Å². The van der Waals surface area contributed by atoms with Crippen molar-refractivity contribution in [3.63, 3.8) is 0 Å². The van der Waals surface area contributed by atoms with E-state index in [1.165, 1.54) is 18.2 Å². The average molecular weight is 269 g/mol. The number of nitro groups is 1. The van der Waals surface area contributed by atoms with Crippen molar-refractivity contribution < 1.29 is 9.66 Å². The molecule has 20 heavy (non-hydrogen) atoms. The minimum atomic E-state index is -0.555. The van der Waals surface area contributed by atoms with Gasteiger partial charge in [0.2, 0.25) is 0 Å². The number of nitrogens with zero attached hydrogens (tertiary/aromatic N) is 2. The maximum absolute atomic E-state index is 10.7. The number of benzene rings is 2. The molecule has 0 aromatic heterocycles. The summed E-state index contributed by atoms with van der Waals surface area (Å²) < 4.78 is 5.55. The third-order valence-electron chi connectivity index (χ3n) is 2.68. The number of rotatable bonds is 4. The first-order chi connectivity index (χ1) is 9.63. The zero-order chi connectivity index (χ0) is 14.5. The number of nitriles is 1. The average Bonchev–Trinajstić information content (AvgIpc) is 2.48. The molecule has 0 fully saturated rings. The van der Waals surface area contributed by atoms with Crippen molar-refractivity contribution in [1.29, 1.82) is 5.26 Å². The molecule has 0 saturated carbocycles. The molecule has 100 valence electrons. The topological polar surface area (TPSA) is 102 Å². The van der Waals surface area contributed by atoms with Gasteiger partial charge in [0.15, 0.2) is 0 Å². The maximum Gasteiger partial charge on any atom is 0.271 e. The first-order valence-electron chi connectivity index (χ1n) is 5.79. The summed E-state index contributed by atoms with van der Waals surface area (Å²) in [5.41, 5.74) is 6.42. The van der Waals surface area contributed by atoms with Gasteiger partial charge >= 0.3 is 0 Å². The second-order valence-corrected chi connectivity index (χ2v) is 4.00. The summed E-state index contributed by atoms with van der Waals surface area (Å²) in [4.78, 5) is 10.1. The van der Waals surface area contributed by atoms with Crippen molar-refractivity contribution in [1.82, 2.24) is 0 Å². The Bertz CT molecular complexity index is 675. The molecule has 6 nitrogen and oxygen atoms in total. The highest BCUT2D eigenvalue weighted by Crippen LogP contribution is 2.28. The van der Waals surface area contributed by atoms with Crippen LogP contribution in [0.4, 0.5) is 5.69 Å². The summed E-state index contributed by atoms with van der Waals surface area (Å²) in [6, 6.07) is 12.9. The molecule has 0 aliphatic carbocycles. The van der Waals surface area contributed by atoms with E-state index in [1.807, 2.05) is 18.2 Å². The normalized spacial score (nSPS) is 9.80. The Kier molecular flexibility index (Phi) is 3.93. The first kappa shape index (κ1) is 13.5. The van der Waals surface area contributed by atoms with Gasteiger partial charge < -0.3 is 10.5 Å². The van der Waals surface area contributed by atoms with Gasteiger partial charge in [-0.25, -0.2) is 0 Å². The van der Waals surface area contributed by atoms with Crippen molar-refractivity contribution in [2.45, 2.75) is 6.54 Å². The van der Waals surface area contributed by atoms with Crippen LogP contribution in [0.5, 0.6) is 11.5 Å². The SMILES string of the molecule is N#Cc1cc([N+](=O)[O-])ccc1Oc1ccc(CN)cc1. The smallest absolute Gasteiger partial charge is 0.271 e. The number of non-ortho nitro benzene ring substituents is 1. The summed E-state index contributed by atoms with van der Waals surface area (Å²) in [6.07, 6.45) is 0. The van der Waals surface area contributed by atoms with Crippen LogP contribution in [-0.4, -0.2) is 4.92 Å². The van der Waals surface area contributed by atoms with E-state index in [0.717, 1.165) is 5.56 Å². The predicted molar refractivity (Wildman–Crippen MR) is 72.2 cm³/mol. The van der Waals surface area contributed by atoms with Crippen molar-refractivity contribution in [3.8, 4) is 17.6 Å². The highest BCUT2D eigenvalue weighted by molar-refractivity contribution is 5.51. The Morgan fingerprint density at radius 2 is 1.95 bits per heavy atom. The molecule has 2 rings (SSSR count). The molecular formula is C14H11N3O3. The summed E-state index contributed by atoms with van der Waals surface area (Å²) in [6.45, 7) is 0.432. The highest BCUT2D eigenvalue weighted by Gasteiger charge is 2.12. The molecule has 0 heterocycles. The van der Waals surface area contributed by atoms with E-state index in [9.17, 15) is 10.1 Å². The first-order valence-corrected chi connectivity index (χ1v) is 5.79. The van der Waals surface area contributed by atoms with Gasteiger partial charge in [0.1, 0.15) is 23.1 Å². The molecular weight excluding hydrogens is 258 g/mol. The third-order valence-corrected chi connectivity index (χ3v) is 2.68. The van der Waals surface area contributed by atoms with E-state index in [2.05, 4.69) is 0 Å². The minimum Gasteiger partial charge on any atom is -0.456 e. The Balaban J connectivity index is 2.28. The lowest BCUT2D eigenvalue weighted by Gasteiger charge is -2.07. The van der Waals surface area contributed by atoms with Crippen LogP contribution in [0.15, 0.2) is 42.5 Å². The summed E-state index contributed by atoms with van der Waals surface area (Å²) in [7, 11) is 0. The van der Waals surface area contributed by atoms with Gasteiger partial charge in [-0.1, -0.05) is 12.1 Å². The van der Waals surface area contributed by atoms with Gasteiger partial charge in [-0.3, -0.25) is 10.1 Å². The largest absolute Gasteiger partial charge is 0.456 e. The van der Waals surface area contributed by atoms with Gasteiger partial charge in [-0.2, -0.15) is 5.26 Å². The molecule has 6 heteroatoms. The van der Waals surface area contributed by atoms with E-state index >= 15 is 0 Å². The summed E-state index contributed by atoms with van der Waals surface area (Å²) in [5, 5.41) is 19.7. The van der Waals surface area contributed by atoms with Crippen LogP contribution < -0.4 is 10.5 Å². The standard InChI is InChI=1S/C14H11N3O3/c15-8-10-1-4-13(5-2-10)20-14-6-3-12(17(18)19)7-11(14)9-16/h1-7H,8,15H2.